The molecule has 0 aromatic heterocycles. The van der Waals surface area contributed by atoms with E-state index in [2.05, 4.69) is 5.32 Å². The van der Waals surface area contributed by atoms with Gasteiger partial charge >= 0.3 is 5.97 Å². The average molecular weight is 266 g/mol. The van der Waals surface area contributed by atoms with Gasteiger partial charge in [-0.25, -0.2) is 8.78 Å². The summed E-state index contributed by atoms with van der Waals surface area (Å²) in [6, 6.07) is 0. The van der Waals surface area contributed by atoms with Gasteiger partial charge in [0.05, 0.1) is 6.54 Å². The quantitative estimate of drug-likeness (QED) is 0.633. The first-order valence-corrected chi connectivity index (χ1v) is 6.27. The number of hydrogen-bond donors (Lipinski definition) is 2. The molecule has 2 N–H and O–H groups in total. The average Bonchev–Trinajstić information content (AvgIpc) is 2.25. The van der Waals surface area contributed by atoms with Gasteiger partial charge in [-0.1, -0.05) is 6.92 Å². The van der Waals surface area contributed by atoms with Crippen LogP contribution in [0.2, 0.25) is 0 Å². The summed E-state index contributed by atoms with van der Waals surface area (Å²) in [5, 5.41) is 12.2. The van der Waals surface area contributed by atoms with E-state index in [0.717, 1.165) is 6.42 Å². The van der Waals surface area contributed by atoms with Crippen molar-refractivity contribution in [2.75, 3.05) is 26.7 Å². The number of rotatable bonds is 10. The number of alkyl halides is 2. The van der Waals surface area contributed by atoms with E-state index in [1.54, 1.807) is 14.0 Å². The van der Waals surface area contributed by atoms with Crippen LogP contribution in [0.3, 0.4) is 0 Å². The summed E-state index contributed by atoms with van der Waals surface area (Å²) in [6.45, 7) is 4.44. The third-order valence-electron chi connectivity index (χ3n) is 2.90. The van der Waals surface area contributed by atoms with E-state index >= 15 is 0 Å². The largest absolute Gasteiger partial charge is 0.480 e. The van der Waals surface area contributed by atoms with E-state index in [1.165, 1.54) is 4.90 Å². The maximum Gasteiger partial charge on any atom is 0.323 e. The number of halogens is 2. The molecule has 0 aliphatic rings. The second kappa shape index (κ2) is 8.37. The van der Waals surface area contributed by atoms with Gasteiger partial charge in [-0.3, -0.25) is 4.79 Å². The SMILES string of the molecule is CCCNC(C)(CCCN(C)CC(F)F)C(=O)O. The summed E-state index contributed by atoms with van der Waals surface area (Å²) in [5.41, 5.74) is -0.971. The lowest BCUT2D eigenvalue weighted by molar-refractivity contribution is -0.144. The molecule has 0 heterocycles. The number of carboxylic acids is 1. The molecule has 0 rings (SSSR count). The second-order valence-corrected chi connectivity index (χ2v) is 4.82. The van der Waals surface area contributed by atoms with Crippen molar-refractivity contribution >= 4 is 5.97 Å². The molecule has 0 aliphatic carbocycles. The smallest absolute Gasteiger partial charge is 0.323 e. The second-order valence-electron chi connectivity index (χ2n) is 4.82. The first-order chi connectivity index (χ1) is 8.31. The topological polar surface area (TPSA) is 52.6 Å². The summed E-state index contributed by atoms with van der Waals surface area (Å²) < 4.78 is 24.2. The standard InChI is InChI=1S/C12H24F2N2O2/c1-4-7-15-12(2,11(17)18)6-5-8-16(3)9-10(13)14/h10,15H,4-9H2,1-3H3,(H,17,18). The van der Waals surface area contributed by atoms with E-state index in [4.69, 9.17) is 0 Å². The lowest BCUT2D eigenvalue weighted by atomic mass is 9.95. The number of carboxylic acid groups (broad SMARTS) is 1. The Balaban J connectivity index is 4.08. The third kappa shape index (κ3) is 6.86. The molecule has 4 nitrogen and oxygen atoms in total. The zero-order valence-electron chi connectivity index (χ0n) is 11.4. The molecule has 18 heavy (non-hydrogen) atoms. The Labute approximate surface area is 107 Å². The Morgan fingerprint density at radius 3 is 2.56 bits per heavy atom. The van der Waals surface area contributed by atoms with Crippen molar-refractivity contribution < 1.29 is 18.7 Å². The van der Waals surface area contributed by atoms with Gasteiger partial charge in [0.15, 0.2) is 0 Å². The fraction of sp³-hybridized carbons (Fsp3) is 0.917. The highest BCUT2D eigenvalue weighted by Crippen LogP contribution is 2.13. The molecule has 0 fully saturated rings. The van der Waals surface area contributed by atoms with Gasteiger partial charge in [-0.05, 0) is 46.3 Å². The van der Waals surface area contributed by atoms with Gasteiger partial charge in [0, 0.05) is 0 Å². The molecule has 108 valence electrons. The van der Waals surface area contributed by atoms with Crippen molar-refractivity contribution in [3.63, 3.8) is 0 Å². The monoisotopic (exact) mass is 266 g/mol. The van der Waals surface area contributed by atoms with Gasteiger partial charge in [0.1, 0.15) is 5.54 Å². The molecule has 0 saturated heterocycles. The van der Waals surface area contributed by atoms with Crippen LogP contribution < -0.4 is 5.32 Å². The molecular formula is C12H24F2N2O2. The Hall–Kier alpha value is -0.750. The lowest BCUT2D eigenvalue weighted by Gasteiger charge is -2.27. The Morgan fingerprint density at radius 1 is 1.50 bits per heavy atom. The van der Waals surface area contributed by atoms with Crippen molar-refractivity contribution in [2.24, 2.45) is 0 Å². The van der Waals surface area contributed by atoms with Crippen molar-refractivity contribution in [2.45, 2.75) is 45.1 Å². The first kappa shape index (κ1) is 17.2. The highest BCUT2D eigenvalue weighted by atomic mass is 19.3. The molecule has 6 heteroatoms. The van der Waals surface area contributed by atoms with Crippen LogP contribution in [0.15, 0.2) is 0 Å². The maximum absolute atomic E-state index is 12.1. The molecule has 0 aliphatic heterocycles. The van der Waals surface area contributed by atoms with Crippen LogP contribution in [0.25, 0.3) is 0 Å². The first-order valence-electron chi connectivity index (χ1n) is 6.27. The van der Waals surface area contributed by atoms with Crippen LogP contribution in [-0.2, 0) is 4.79 Å². The fourth-order valence-corrected chi connectivity index (χ4v) is 1.70. The van der Waals surface area contributed by atoms with Gasteiger partial charge in [-0.2, -0.15) is 0 Å². The number of hydrogen-bond acceptors (Lipinski definition) is 3. The summed E-state index contributed by atoms with van der Waals surface area (Å²) in [5.74, 6) is -0.896. The van der Waals surface area contributed by atoms with E-state index in [0.29, 0.717) is 25.9 Å². The third-order valence-corrected chi connectivity index (χ3v) is 2.90. The zero-order chi connectivity index (χ0) is 14.2. The van der Waals surface area contributed by atoms with Crippen LogP contribution in [-0.4, -0.2) is 54.6 Å². The van der Waals surface area contributed by atoms with E-state index in [-0.39, 0.29) is 6.54 Å². The van der Waals surface area contributed by atoms with Gasteiger partial charge in [0.25, 0.3) is 6.43 Å². The van der Waals surface area contributed by atoms with E-state index in [9.17, 15) is 18.7 Å². The molecule has 0 radical (unpaired) electrons. The fourth-order valence-electron chi connectivity index (χ4n) is 1.70. The highest BCUT2D eigenvalue weighted by Gasteiger charge is 2.31. The van der Waals surface area contributed by atoms with Gasteiger partial charge < -0.3 is 15.3 Å². The molecule has 1 unspecified atom stereocenters. The molecule has 0 aromatic rings. The molecule has 0 bridgehead atoms. The number of aliphatic carboxylic acids is 1. The van der Waals surface area contributed by atoms with Crippen LogP contribution in [0.4, 0.5) is 8.78 Å². The van der Waals surface area contributed by atoms with Crippen LogP contribution in [0, 0.1) is 0 Å². The summed E-state index contributed by atoms with van der Waals surface area (Å²) >= 11 is 0. The zero-order valence-corrected chi connectivity index (χ0v) is 11.4. The summed E-state index contributed by atoms with van der Waals surface area (Å²) in [4.78, 5) is 12.7. The molecule has 0 aromatic carbocycles. The minimum atomic E-state index is -2.35. The maximum atomic E-state index is 12.1. The van der Waals surface area contributed by atoms with Gasteiger partial charge in [0.2, 0.25) is 0 Å². The van der Waals surface area contributed by atoms with E-state index < -0.39 is 17.9 Å². The molecule has 0 spiro atoms. The number of carbonyl (C=O) groups is 1. The molecular weight excluding hydrogens is 242 g/mol. The van der Waals surface area contributed by atoms with Crippen molar-refractivity contribution in [1.29, 1.82) is 0 Å². The summed E-state index contributed by atoms with van der Waals surface area (Å²) in [6.07, 6.45) is -0.494. The minimum absolute atomic E-state index is 0.272. The summed E-state index contributed by atoms with van der Waals surface area (Å²) in [7, 11) is 1.61. The van der Waals surface area contributed by atoms with Crippen LogP contribution in [0.1, 0.15) is 33.1 Å². The number of nitrogens with zero attached hydrogens (tertiary/aromatic N) is 1. The number of nitrogens with one attached hydrogen (secondary N) is 1. The highest BCUT2D eigenvalue weighted by molar-refractivity contribution is 5.78. The normalized spacial score (nSPS) is 15.1. The molecule has 0 amide bonds. The van der Waals surface area contributed by atoms with Crippen molar-refractivity contribution in [1.82, 2.24) is 10.2 Å². The Bertz CT molecular complexity index is 252. The van der Waals surface area contributed by atoms with Crippen LogP contribution >= 0.6 is 0 Å². The molecule has 0 saturated carbocycles. The van der Waals surface area contributed by atoms with E-state index in [1.807, 2.05) is 6.92 Å². The molecule has 1 atom stereocenters. The van der Waals surface area contributed by atoms with Gasteiger partial charge in [-0.15, -0.1) is 0 Å². The minimum Gasteiger partial charge on any atom is -0.480 e. The predicted molar refractivity (Wildman–Crippen MR) is 67.1 cm³/mol. The Kier molecular flexibility index (Phi) is 8.02. The predicted octanol–water partition coefficient (Wildman–Crippen LogP) is 1.81. The van der Waals surface area contributed by atoms with Crippen molar-refractivity contribution in [3.8, 4) is 0 Å². The van der Waals surface area contributed by atoms with Crippen molar-refractivity contribution in [3.05, 3.63) is 0 Å². The Morgan fingerprint density at radius 2 is 2.11 bits per heavy atom. The lowest BCUT2D eigenvalue weighted by Crippen LogP contribution is -2.50. The van der Waals surface area contributed by atoms with Crippen LogP contribution in [0.5, 0.6) is 0 Å².